The maximum atomic E-state index is 11.0. The van der Waals surface area contributed by atoms with Crippen LogP contribution in [0.15, 0.2) is 6.33 Å². The topological polar surface area (TPSA) is 64.3 Å². The van der Waals surface area contributed by atoms with Gasteiger partial charge in [0.25, 0.3) is 0 Å². The number of rotatable bonds is 3. The van der Waals surface area contributed by atoms with Gasteiger partial charge >= 0.3 is 5.97 Å². The molecule has 5 heteroatoms. The molecule has 1 saturated heterocycles. The normalized spacial score (nSPS) is 27.3. The Morgan fingerprint density at radius 2 is 2.41 bits per heavy atom. The second kappa shape index (κ2) is 4.14. The molecule has 2 atom stereocenters. The molecule has 0 aromatic carbocycles. The third-order valence-corrected chi connectivity index (χ3v) is 3.75. The Morgan fingerprint density at radius 3 is 3.06 bits per heavy atom. The van der Waals surface area contributed by atoms with Crippen LogP contribution >= 0.6 is 0 Å². The molecule has 1 unspecified atom stereocenters. The summed E-state index contributed by atoms with van der Waals surface area (Å²) in [6, 6.07) is 0. The fourth-order valence-electron chi connectivity index (χ4n) is 2.56. The van der Waals surface area contributed by atoms with Gasteiger partial charge in [0.1, 0.15) is 0 Å². The Labute approximate surface area is 99.4 Å². The van der Waals surface area contributed by atoms with E-state index in [1.807, 2.05) is 6.33 Å². The molecule has 0 amide bonds. The average Bonchev–Trinajstić information content (AvgIpc) is 2.65. The number of carboxylic acids is 1. The van der Waals surface area contributed by atoms with Gasteiger partial charge in [0, 0.05) is 18.7 Å². The van der Waals surface area contributed by atoms with Crippen LogP contribution in [0.1, 0.15) is 24.2 Å². The first-order chi connectivity index (χ1) is 8.24. The van der Waals surface area contributed by atoms with Crippen LogP contribution in [-0.4, -0.2) is 33.3 Å². The monoisotopic (exact) mass is 236 g/mol. The number of carboxylic acid groups (broad SMARTS) is 1. The number of aryl methyl sites for hydroxylation is 1. The molecule has 1 aliphatic heterocycles. The number of carbonyl (C=O) groups is 1. The summed E-state index contributed by atoms with van der Waals surface area (Å²) < 4.78 is 7.48. The molecule has 2 heterocycles. The molecule has 1 fully saturated rings. The molecule has 3 rings (SSSR count). The van der Waals surface area contributed by atoms with Crippen LogP contribution in [0.3, 0.4) is 0 Å². The fraction of sp³-hybridized carbons (Fsp3) is 0.667. The van der Waals surface area contributed by atoms with E-state index in [0.29, 0.717) is 18.9 Å². The molecule has 5 nitrogen and oxygen atoms in total. The summed E-state index contributed by atoms with van der Waals surface area (Å²) in [6.45, 7) is 1.66. The lowest BCUT2D eigenvalue weighted by Crippen LogP contribution is -2.32. The van der Waals surface area contributed by atoms with Crippen molar-refractivity contribution in [3.05, 3.63) is 17.7 Å². The molecular weight excluding hydrogens is 220 g/mol. The summed E-state index contributed by atoms with van der Waals surface area (Å²) in [6.07, 6.45) is 5.31. The van der Waals surface area contributed by atoms with Crippen molar-refractivity contribution in [2.75, 3.05) is 6.61 Å². The van der Waals surface area contributed by atoms with Gasteiger partial charge in [0.15, 0.2) is 0 Å². The van der Waals surface area contributed by atoms with Crippen molar-refractivity contribution in [1.29, 1.82) is 0 Å². The van der Waals surface area contributed by atoms with E-state index in [0.717, 1.165) is 37.4 Å². The van der Waals surface area contributed by atoms with E-state index in [9.17, 15) is 4.79 Å². The number of ether oxygens (including phenoxy) is 1. The second-order valence-electron chi connectivity index (χ2n) is 4.85. The van der Waals surface area contributed by atoms with Gasteiger partial charge in [0.2, 0.25) is 0 Å². The van der Waals surface area contributed by atoms with Crippen molar-refractivity contribution in [2.45, 2.75) is 38.3 Å². The molecule has 1 aliphatic carbocycles. The van der Waals surface area contributed by atoms with E-state index in [1.165, 1.54) is 0 Å². The highest BCUT2D eigenvalue weighted by molar-refractivity contribution is 5.70. The van der Waals surface area contributed by atoms with Gasteiger partial charge in [-0.2, -0.15) is 0 Å². The Hall–Kier alpha value is -1.36. The zero-order valence-electron chi connectivity index (χ0n) is 9.63. The smallest absolute Gasteiger partial charge is 0.306 e. The van der Waals surface area contributed by atoms with E-state index in [-0.39, 0.29) is 5.92 Å². The summed E-state index contributed by atoms with van der Waals surface area (Å²) in [7, 11) is 0. The molecule has 1 aromatic rings. The largest absolute Gasteiger partial charge is 0.481 e. The van der Waals surface area contributed by atoms with E-state index in [1.54, 1.807) is 0 Å². The summed E-state index contributed by atoms with van der Waals surface area (Å²) in [5, 5.41) is 9.08. The van der Waals surface area contributed by atoms with Crippen molar-refractivity contribution >= 4 is 5.97 Å². The third kappa shape index (κ3) is 1.95. The molecule has 0 bridgehead atoms. The zero-order valence-corrected chi connectivity index (χ0v) is 9.63. The number of hydrogen-bond acceptors (Lipinski definition) is 3. The summed E-state index contributed by atoms with van der Waals surface area (Å²) in [5.41, 5.74) is 2.17. The second-order valence-corrected chi connectivity index (χ2v) is 4.85. The number of nitrogens with zero attached hydrogens (tertiary/aromatic N) is 2. The molecule has 2 aliphatic rings. The number of aromatic nitrogens is 2. The van der Waals surface area contributed by atoms with Crippen LogP contribution in [0.25, 0.3) is 0 Å². The van der Waals surface area contributed by atoms with Crippen molar-refractivity contribution < 1.29 is 14.6 Å². The minimum atomic E-state index is -0.691. The van der Waals surface area contributed by atoms with Gasteiger partial charge < -0.3 is 14.4 Å². The van der Waals surface area contributed by atoms with Crippen LogP contribution in [0.5, 0.6) is 0 Å². The average molecular weight is 236 g/mol. The minimum Gasteiger partial charge on any atom is -0.481 e. The van der Waals surface area contributed by atoms with Crippen molar-refractivity contribution in [1.82, 2.24) is 9.55 Å². The lowest BCUT2D eigenvalue weighted by Gasteiger charge is -2.28. The first-order valence-electron chi connectivity index (χ1n) is 6.11. The Bertz CT molecular complexity index is 437. The number of fused-ring (bicyclic) bond motifs is 1. The fourth-order valence-corrected chi connectivity index (χ4v) is 2.56. The van der Waals surface area contributed by atoms with Gasteiger partial charge in [-0.05, 0) is 19.3 Å². The number of aliphatic carboxylic acids is 1. The summed E-state index contributed by atoms with van der Waals surface area (Å²) >= 11 is 0. The van der Waals surface area contributed by atoms with Crippen molar-refractivity contribution in [2.24, 2.45) is 5.92 Å². The van der Waals surface area contributed by atoms with Gasteiger partial charge in [-0.25, -0.2) is 4.98 Å². The highest BCUT2D eigenvalue weighted by atomic mass is 16.5. The SMILES string of the molecule is O=C(O)C1CCc2ncn(C[C@@H]3CCO3)c2C1. The molecule has 0 saturated carbocycles. The van der Waals surface area contributed by atoms with Gasteiger partial charge in [-0.1, -0.05) is 0 Å². The van der Waals surface area contributed by atoms with Crippen LogP contribution in [0.2, 0.25) is 0 Å². The standard InChI is InChI=1S/C12H16N2O3/c15-12(16)8-1-2-10-11(5-8)14(7-13-10)6-9-3-4-17-9/h7-9H,1-6H2,(H,15,16)/t8?,9-/m0/s1. The van der Waals surface area contributed by atoms with Crippen molar-refractivity contribution in [3.63, 3.8) is 0 Å². The molecule has 92 valence electrons. The molecular formula is C12H16N2O3. The van der Waals surface area contributed by atoms with Crippen LogP contribution in [0.4, 0.5) is 0 Å². The quantitative estimate of drug-likeness (QED) is 0.845. The van der Waals surface area contributed by atoms with E-state index in [4.69, 9.17) is 9.84 Å². The Morgan fingerprint density at radius 1 is 1.59 bits per heavy atom. The highest BCUT2D eigenvalue weighted by Gasteiger charge is 2.28. The van der Waals surface area contributed by atoms with E-state index < -0.39 is 5.97 Å². The maximum absolute atomic E-state index is 11.0. The van der Waals surface area contributed by atoms with Crippen molar-refractivity contribution in [3.8, 4) is 0 Å². The van der Waals surface area contributed by atoms with Gasteiger partial charge in [0.05, 0.1) is 30.6 Å². The molecule has 1 N–H and O–H groups in total. The molecule has 17 heavy (non-hydrogen) atoms. The summed E-state index contributed by atoms with van der Waals surface area (Å²) in [5.74, 6) is -0.941. The minimum absolute atomic E-state index is 0.250. The molecule has 1 aromatic heterocycles. The van der Waals surface area contributed by atoms with Crippen LogP contribution in [0, 0.1) is 5.92 Å². The first-order valence-corrected chi connectivity index (χ1v) is 6.11. The maximum Gasteiger partial charge on any atom is 0.306 e. The van der Waals surface area contributed by atoms with Crippen LogP contribution < -0.4 is 0 Å². The zero-order chi connectivity index (χ0) is 11.8. The number of hydrogen-bond donors (Lipinski definition) is 1. The lowest BCUT2D eigenvalue weighted by molar-refractivity contribution is -0.142. The van der Waals surface area contributed by atoms with Gasteiger partial charge in [-0.3, -0.25) is 4.79 Å². The Kier molecular flexibility index (Phi) is 2.63. The summed E-state index contributed by atoms with van der Waals surface area (Å²) in [4.78, 5) is 15.4. The third-order valence-electron chi connectivity index (χ3n) is 3.75. The highest BCUT2D eigenvalue weighted by Crippen LogP contribution is 2.26. The van der Waals surface area contributed by atoms with Crippen LogP contribution in [-0.2, 0) is 28.9 Å². The predicted molar refractivity (Wildman–Crippen MR) is 59.7 cm³/mol. The lowest BCUT2D eigenvalue weighted by atomic mass is 9.90. The number of imidazole rings is 1. The molecule has 0 spiro atoms. The van der Waals surface area contributed by atoms with Gasteiger partial charge in [-0.15, -0.1) is 0 Å². The molecule has 0 radical (unpaired) electrons. The first kappa shape index (κ1) is 10.8. The predicted octanol–water partition coefficient (Wildman–Crippen LogP) is 0.862. The van der Waals surface area contributed by atoms with E-state index in [2.05, 4.69) is 9.55 Å². The Balaban J connectivity index is 1.78. The van der Waals surface area contributed by atoms with E-state index >= 15 is 0 Å².